The van der Waals surface area contributed by atoms with Crippen LogP contribution >= 0.6 is 15.9 Å². The number of nitrogens with zero attached hydrogens (tertiary/aromatic N) is 2. The van der Waals surface area contributed by atoms with Crippen LogP contribution in [0.3, 0.4) is 0 Å². The number of carboxylic acid groups (broad SMARTS) is 1. The molecule has 9 nitrogen and oxygen atoms in total. The molecule has 1 saturated heterocycles. The number of hydrogen-bond donors (Lipinski definition) is 0. The fourth-order valence-corrected chi connectivity index (χ4v) is 3.80. The summed E-state index contributed by atoms with van der Waals surface area (Å²) in [5.41, 5.74) is 0.998. The molecule has 32 heavy (non-hydrogen) atoms. The number of ether oxygens (including phenoxy) is 2. The summed E-state index contributed by atoms with van der Waals surface area (Å²) in [4.78, 5) is 51.6. The Hall–Kier alpha value is -3.66. The first kappa shape index (κ1) is 21.6. The molecule has 0 unspecified atom stereocenters. The van der Waals surface area contributed by atoms with Crippen molar-refractivity contribution in [2.24, 2.45) is 0 Å². The highest BCUT2D eigenvalue weighted by Crippen LogP contribution is 2.34. The van der Waals surface area contributed by atoms with Crippen LogP contribution in [-0.2, 0) is 25.7 Å². The van der Waals surface area contributed by atoms with E-state index < -0.39 is 29.7 Å². The standard InChI is InChI=1S/C22H17BrN2O7/c23-14-2-4-15(5-3-14)25-20(27)10-16(22(25)30)24(19(26)7-8-21(28)29)11-13-1-6-17-18(9-13)32-12-31-17/h1-9,16H,10-12H2,(H,28,29)/p-1/b8-7+/t16-/m1/s1. The van der Waals surface area contributed by atoms with Gasteiger partial charge in [0.2, 0.25) is 18.6 Å². The van der Waals surface area contributed by atoms with Crippen molar-refractivity contribution in [3.63, 3.8) is 0 Å². The topological polar surface area (TPSA) is 116 Å². The van der Waals surface area contributed by atoms with E-state index in [1.807, 2.05) is 0 Å². The Balaban J connectivity index is 1.64. The number of carbonyl (C=O) groups is 4. The fourth-order valence-electron chi connectivity index (χ4n) is 3.53. The number of aliphatic carboxylic acids is 1. The molecule has 0 bridgehead atoms. The molecule has 2 aromatic rings. The second-order valence-electron chi connectivity index (χ2n) is 7.07. The molecule has 0 aliphatic carbocycles. The number of halogens is 1. The van der Waals surface area contributed by atoms with Crippen molar-refractivity contribution in [1.82, 2.24) is 4.90 Å². The fraction of sp³-hybridized carbons (Fsp3) is 0.182. The SMILES string of the molecule is O=C([O-])/C=C/C(=O)N(Cc1ccc2c(c1)OCO2)[C@@H]1CC(=O)N(c2ccc(Br)cc2)C1=O. The Bertz CT molecular complexity index is 1130. The summed E-state index contributed by atoms with van der Waals surface area (Å²) < 4.78 is 11.4. The molecule has 0 spiro atoms. The first-order chi connectivity index (χ1) is 15.3. The highest BCUT2D eigenvalue weighted by atomic mass is 79.9. The van der Waals surface area contributed by atoms with Crippen LogP contribution in [0.2, 0.25) is 0 Å². The largest absolute Gasteiger partial charge is 0.545 e. The number of anilines is 1. The Morgan fingerprint density at radius 2 is 1.81 bits per heavy atom. The summed E-state index contributed by atoms with van der Waals surface area (Å²) in [5, 5.41) is 10.8. The molecular formula is C22H16BrN2O7-. The van der Waals surface area contributed by atoms with Crippen LogP contribution in [0, 0.1) is 0 Å². The van der Waals surface area contributed by atoms with Gasteiger partial charge in [0.25, 0.3) is 5.91 Å². The average Bonchev–Trinajstić information content (AvgIpc) is 3.34. The lowest BCUT2D eigenvalue weighted by Gasteiger charge is -2.27. The Kier molecular flexibility index (Phi) is 5.95. The molecule has 2 aromatic carbocycles. The first-order valence-electron chi connectivity index (χ1n) is 9.54. The maximum absolute atomic E-state index is 13.2. The van der Waals surface area contributed by atoms with E-state index in [0.29, 0.717) is 28.8 Å². The minimum absolute atomic E-state index is 0.0509. The van der Waals surface area contributed by atoms with E-state index in [2.05, 4.69) is 15.9 Å². The average molecular weight is 500 g/mol. The second-order valence-corrected chi connectivity index (χ2v) is 7.99. The number of hydrogen-bond acceptors (Lipinski definition) is 7. The molecule has 2 aliphatic rings. The molecule has 4 rings (SSSR count). The van der Waals surface area contributed by atoms with Crippen LogP contribution in [0.4, 0.5) is 5.69 Å². The van der Waals surface area contributed by atoms with Gasteiger partial charge in [-0.15, -0.1) is 0 Å². The van der Waals surface area contributed by atoms with Crippen LogP contribution in [0.5, 0.6) is 11.5 Å². The molecule has 2 aliphatic heterocycles. The van der Waals surface area contributed by atoms with Crippen LogP contribution < -0.4 is 19.5 Å². The maximum Gasteiger partial charge on any atom is 0.257 e. The van der Waals surface area contributed by atoms with Gasteiger partial charge in [0.05, 0.1) is 18.1 Å². The Labute approximate surface area is 190 Å². The number of amides is 3. The highest BCUT2D eigenvalue weighted by Gasteiger charge is 2.44. The third kappa shape index (κ3) is 4.35. The van der Waals surface area contributed by atoms with E-state index in [1.165, 1.54) is 0 Å². The molecule has 2 heterocycles. The van der Waals surface area contributed by atoms with Gasteiger partial charge in [-0.1, -0.05) is 22.0 Å². The molecule has 0 radical (unpaired) electrons. The summed E-state index contributed by atoms with van der Waals surface area (Å²) in [6.07, 6.45) is 1.16. The van der Waals surface area contributed by atoms with Gasteiger partial charge < -0.3 is 24.3 Å². The lowest BCUT2D eigenvalue weighted by atomic mass is 10.1. The van der Waals surface area contributed by atoms with Gasteiger partial charge in [0.15, 0.2) is 11.5 Å². The predicted octanol–water partition coefficient (Wildman–Crippen LogP) is 1.14. The van der Waals surface area contributed by atoms with Crippen LogP contribution in [-0.4, -0.2) is 41.4 Å². The number of carbonyl (C=O) groups excluding carboxylic acids is 4. The van der Waals surface area contributed by atoms with Crippen molar-refractivity contribution in [2.45, 2.75) is 19.0 Å². The quantitative estimate of drug-likeness (QED) is 0.432. The third-order valence-corrected chi connectivity index (χ3v) is 5.55. The van der Waals surface area contributed by atoms with Crippen LogP contribution in [0.25, 0.3) is 0 Å². The summed E-state index contributed by atoms with van der Waals surface area (Å²) in [6, 6.07) is 10.6. The van der Waals surface area contributed by atoms with E-state index in [1.54, 1.807) is 42.5 Å². The zero-order valence-corrected chi connectivity index (χ0v) is 18.1. The molecular weight excluding hydrogens is 484 g/mol. The second kappa shape index (κ2) is 8.83. The van der Waals surface area contributed by atoms with Gasteiger partial charge in [-0.2, -0.15) is 0 Å². The van der Waals surface area contributed by atoms with Gasteiger partial charge in [-0.05, 0) is 48.0 Å². The van der Waals surface area contributed by atoms with E-state index in [-0.39, 0.29) is 19.8 Å². The van der Waals surface area contributed by atoms with Crippen LogP contribution in [0.1, 0.15) is 12.0 Å². The molecule has 0 saturated carbocycles. The third-order valence-electron chi connectivity index (χ3n) is 5.02. The summed E-state index contributed by atoms with van der Waals surface area (Å²) in [6.45, 7) is 0.0261. The first-order valence-corrected chi connectivity index (χ1v) is 10.3. The summed E-state index contributed by atoms with van der Waals surface area (Å²) in [7, 11) is 0. The lowest BCUT2D eigenvalue weighted by molar-refractivity contribution is -0.297. The maximum atomic E-state index is 13.2. The Morgan fingerprint density at radius 3 is 2.53 bits per heavy atom. The number of fused-ring (bicyclic) bond motifs is 1. The van der Waals surface area contributed by atoms with Crippen LogP contribution in [0.15, 0.2) is 59.1 Å². The smallest absolute Gasteiger partial charge is 0.257 e. The number of benzene rings is 2. The highest BCUT2D eigenvalue weighted by molar-refractivity contribution is 9.10. The van der Waals surface area contributed by atoms with Gasteiger partial charge >= 0.3 is 0 Å². The molecule has 1 fully saturated rings. The number of imide groups is 1. The van der Waals surface area contributed by atoms with Crippen molar-refractivity contribution < 1.29 is 33.8 Å². The lowest BCUT2D eigenvalue weighted by Crippen LogP contribution is -2.44. The van der Waals surface area contributed by atoms with Gasteiger partial charge in [-0.25, -0.2) is 4.90 Å². The van der Waals surface area contributed by atoms with Gasteiger partial charge in [0.1, 0.15) is 6.04 Å². The molecule has 0 N–H and O–H groups in total. The van der Waals surface area contributed by atoms with E-state index in [4.69, 9.17) is 9.47 Å². The van der Waals surface area contributed by atoms with Gasteiger partial charge in [0, 0.05) is 17.1 Å². The van der Waals surface area contributed by atoms with E-state index in [0.717, 1.165) is 20.3 Å². The number of rotatable bonds is 6. The molecule has 164 valence electrons. The zero-order valence-electron chi connectivity index (χ0n) is 16.5. The summed E-state index contributed by atoms with van der Waals surface area (Å²) in [5.74, 6) is -2.28. The minimum Gasteiger partial charge on any atom is -0.545 e. The monoisotopic (exact) mass is 499 g/mol. The summed E-state index contributed by atoms with van der Waals surface area (Å²) >= 11 is 3.30. The van der Waals surface area contributed by atoms with E-state index in [9.17, 15) is 24.3 Å². The molecule has 1 atom stereocenters. The van der Waals surface area contributed by atoms with Crippen molar-refractivity contribution >= 4 is 45.3 Å². The molecule has 10 heteroatoms. The minimum atomic E-state index is -1.55. The predicted molar refractivity (Wildman–Crippen MR) is 112 cm³/mol. The van der Waals surface area contributed by atoms with Crippen molar-refractivity contribution in [3.05, 3.63) is 64.7 Å². The normalized spacial score (nSPS) is 17.3. The molecule has 3 amide bonds. The van der Waals surface area contributed by atoms with Crippen molar-refractivity contribution in [2.75, 3.05) is 11.7 Å². The van der Waals surface area contributed by atoms with E-state index >= 15 is 0 Å². The van der Waals surface area contributed by atoms with Gasteiger partial charge in [-0.3, -0.25) is 14.4 Å². The zero-order chi connectivity index (χ0) is 22.8. The van der Waals surface area contributed by atoms with Crippen molar-refractivity contribution in [3.8, 4) is 11.5 Å². The number of carboxylic acids is 1. The molecule has 0 aromatic heterocycles. The van der Waals surface area contributed by atoms with Crippen molar-refractivity contribution in [1.29, 1.82) is 0 Å². The Morgan fingerprint density at radius 1 is 1.09 bits per heavy atom.